The Balaban J connectivity index is 1.70. The first kappa shape index (κ1) is 25.9. The van der Waals surface area contributed by atoms with E-state index in [4.69, 9.17) is 32.9 Å². The average Bonchev–Trinajstić information content (AvgIpc) is 3.29. The van der Waals surface area contributed by atoms with Gasteiger partial charge in [0.2, 0.25) is 11.8 Å². The van der Waals surface area contributed by atoms with Crippen LogP contribution in [0, 0.1) is 6.92 Å². The van der Waals surface area contributed by atoms with Crippen LogP contribution in [0.4, 0.5) is 4.79 Å². The first-order valence-corrected chi connectivity index (χ1v) is 13.0. The maximum Gasteiger partial charge on any atom is 0.326 e. The van der Waals surface area contributed by atoms with Crippen LogP contribution >= 0.6 is 23.2 Å². The van der Waals surface area contributed by atoms with Gasteiger partial charge in [-0.3, -0.25) is 14.7 Å². The molecule has 0 spiro atoms. The van der Waals surface area contributed by atoms with Crippen LogP contribution in [0.25, 0.3) is 0 Å². The molecular weight excluding hydrogens is 527 g/mol. The van der Waals surface area contributed by atoms with Crippen LogP contribution in [0.2, 0.25) is 10.0 Å². The van der Waals surface area contributed by atoms with E-state index < -0.39 is 12.1 Å². The molecule has 0 aliphatic carbocycles. The molecule has 1 saturated heterocycles. The van der Waals surface area contributed by atoms with Crippen molar-refractivity contribution in [1.82, 2.24) is 25.1 Å². The maximum absolute atomic E-state index is 14.2. The number of hydrogen-bond acceptors (Lipinski definition) is 6. The molecule has 2 aromatic carbocycles. The zero-order chi connectivity index (χ0) is 26.8. The Bertz CT molecular complexity index is 1380. The number of amidine groups is 1. The van der Waals surface area contributed by atoms with Crippen molar-refractivity contribution >= 4 is 41.0 Å². The summed E-state index contributed by atoms with van der Waals surface area (Å²) >= 11 is 12.4. The molecule has 1 aromatic heterocycles. The number of piperazine rings is 1. The normalized spacial score (nSPS) is 19.3. The van der Waals surface area contributed by atoms with E-state index in [0.717, 1.165) is 11.1 Å². The molecule has 1 N–H and O–H groups in total. The van der Waals surface area contributed by atoms with E-state index in [1.165, 1.54) is 4.90 Å². The fourth-order valence-corrected chi connectivity index (χ4v) is 4.91. The molecule has 38 heavy (non-hydrogen) atoms. The number of nitrogens with one attached hydrogen (secondary N) is 1. The Morgan fingerprint density at radius 2 is 1.74 bits per heavy atom. The van der Waals surface area contributed by atoms with Gasteiger partial charge in [-0.2, -0.15) is 4.98 Å². The van der Waals surface area contributed by atoms with Gasteiger partial charge < -0.3 is 15.0 Å². The Morgan fingerprint density at radius 1 is 1.08 bits per heavy atom. The van der Waals surface area contributed by atoms with Crippen molar-refractivity contribution in [2.45, 2.75) is 25.9 Å². The molecule has 1 fully saturated rings. The van der Waals surface area contributed by atoms with Gasteiger partial charge in [-0.1, -0.05) is 47.5 Å². The third-order valence-corrected chi connectivity index (χ3v) is 6.90. The second-order valence-corrected chi connectivity index (χ2v) is 9.81. The van der Waals surface area contributed by atoms with E-state index in [9.17, 15) is 9.59 Å². The number of carbonyl (C=O) groups is 2. The van der Waals surface area contributed by atoms with Gasteiger partial charge in [-0.05, 0) is 49.2 Å². The molecular formula is C27H26Cl2N6O3. The van der Waals surface area contributed by atoms with Crippen molar-refractivity contribution < 1.29 is 14.3 Å². The molecule has 2 atom stereocenters. The SMILES string of the molecule is CCOc1nc(C)ncc1C1=NC(c2ccc(Cl)cc2)C(c2ccc(Cl)cc2)N1C(=O)N1CCNC(=O)C1. The molecule has 3 amide bonds. The highest BCUT2D eigenvalue weighted by Crippen LogP contribution is 2.45. The Labute approximate surface area is 230 Å². The molecule has 3 aromatic rings. The van der Waals surface area contributed by atoms with Gasteiger partial charge in [0.1, 0.15) is 24.2 Å². The number of nitrogens with zero attached hydrogens (tertiary/aromatic N) is 5. The summed E-state index contributed by atoms with van der Waals surface area (Å²) < 4.78 is 5.85. The van der Waals surface area contributed by atoms with Crippen LogP contribution in [0.1, 0.15) is 41.5 Å². The van der Waals surface area contributed by atoms with Gasteiger partial charge in [0, 0.05) is 29.3 Å². The number of rotatable bonds is 5. The number of benzene rings is 2. The fourth-order valence-electron chi connectivity index (χ4n) is 4.66. The van der Waals surface area contributed by atoms with Crippen LogP contribution in [-0.2, 0) is 4.79 Å². The van der Waals surface area contributed by atoms with Gasteiger partial charge in [-0.25, -0.2) is 9.78 Å². The summed E-state index contributed by atoms with van der Waals surface area (Å²) in [5.74, 6) is 1.02. The highest BCUT2D eigenvalue weighted by atomic mass is 35.5. The standard InChI is InChI=1S/C27H26Cl2N6O3/c1-3-38-26-21(14-31-16(2)32-26)25-33-23(17-4-8-19(28)9-5-17)24(18-6-10-20(29)11-7-18)35(25)27(37)34-13-12-30-22(36)15-34/h4-11,14,23-24H,3,12-13,15H2,1-2H3,(H,30,36). The molecule has 5 rings (SSSR count). The van der Waals surface area contributed by atoms with E-state index in [-0.39, 0.29) is 18.5 Å². The maximum atomic E-state index is 14.2. The summed E-state index contributed by atoms with van der Waals surface area (Å²) in [5, 5.41) is 3.94. The summed E-state index contributed by atoms with van der Waals surface area (Å²) in [6, 6.07) is 13.3. The number of aromatic nitrogens is 2. The van der Waals surface area contributed by atoms with Crippen molar-refractivity contribution in [2.75, 3.05) is 26.2 Å². The van der Waals surface area contributed by atoms with Gasteiger partial charge in [0.05, 0.1) is 18.2 Å². The van der Waals surface area contributed by atoms with Crippen LogP contribution in [0.15, 0.2) is 59.7 Å². The highest BCUT2D eigenvalue weighted by Gasteiger charge is 2.45. The predicted octanol–water partition coefficient (Wildman–Crippen LogP) is 4.59. The highest BCUT2D eigenvalue weighted by molar-refractivity contribution is 6.30. The van der Waals surface area contributed by atoms with Gasteiger partial charge in [0.15, 0.2) is 0 Å². The lowest BCUT2D eigenvalue weighted by Gasteiger charge is -2.35. The van der Waals surface area contributed by atoms with Crippen LogP contribution in [-0.4, -0.2) is 63.8 Å². The Hall–Kier alpha value is -3.69. The van der Waals surface area contributed by atoms with Gasteiger partial charge in [-0.15, -0.1) is 0 Å². The zero-order valence-electron chi connectivity index (χ0n) is 20.9. The number of aliphatic imine (C=N–C) groups is 1. The summed E-state index contributed by atoms with van der Waals surface area (Å²) in [6.45, 7) is 4.69. The number of urea groups is 1. The molecule has 2 aliphatic heterocycles. The predicted molar refractivity (Wildman–Crippen MR) is 145 cm³/mol. The van der Waals surface area contributed by atoms with Gasteiger partial charge >= 0.3 is 6.03 Å². The van der Waals surface area contributed by atoms with Crippen molar-refractivity contribution in [1.29, 1.82) is 0 Å². The van der Waals surface area contributed by atoms with Crippen LogP contribution in [0.3, 0.4) is 0 Å². The number of aryl methyl sites for hydroxylation is 1. The Kier molecular flexibility index (Phi) is 7.49. The van der Waals surface area contributed by atoms with Crippen molar-refractivity contribution in [3.63, 3.8) is 0 Å². The summed E-state index contributed by atoms with van der Waals surface area (Å²) in [4.78, 5) is 43.5. The molecule has 0 bridgehead atoms. The first-order valence-electron chi connectivity index (χ1n) is 12.3. The lowest BCUT2D eigenvalue weighted by atomic mass is 9.94. The summed E-state index contributed by atoms with van der Waals surface area (Å²) in [6.07, 6.45) is 1.62. The quantitative estimate of drug-likeness (QED) is 0.499. The van der Waals surface area contributed by atoms with Crippen LogP contribution in [0.5, 0.6) is 5.88 Å². The molecule has 0 saturated carbocycles. The smallest absolute Gasteiger partial charge is 0.326 e. The molecule has 3 heterocycles. The number of amides is 3. The summed E-state index contributed by atoms with van der Waals surface area (Å²) in [5.41, 5.74) is 2.18. The third-order valence-electron chi connectivity index (χ3n) is 6.40. The van der Waals surface area contributed by atoms with E-state index in [0.29, 0.717) is 52.8 Å². The van der Waals surface area contributed by atoms with E-state index in [2.05, 4.69) is 15.3 Å². The monoisotopic (exact) mass is 552 g/mol. The molecule has 11 heteroatoms. The van der Waals surface area contributed by atoms with E-state index >= 15 is 0 Å². The molecule has 9 nitrogen and oxygen atoms in total. The number of halogens is 2. The van der Waals surface area contributed by atoms with Crippen molar-refractivity contribution in [2.24, 2.45) is 4.99 Å². The summed E-state index contributed by atoms with van der Waals surface area (Å²) in [7, 11) is 0. The number of hydrogen-bond donors (Lipinski definition) is 1. The lowest BCUT2D eigenvalue weighted by molar-refractivity contribution is -0.123. The Morgan fingerprint density at radius 3 is 2.37 bits per heavy atom. The van der Waals surface area contributed by atoms with Gasteiger partial charge in [0.25, 0.3) is 0 Å². The van der Waals surface area contributed by atoms with Crippen molar-refractivity contribution in [3.05, 3.63) is 87.3 Å². The minimum absolute atomic E-state index is 0.0513. The van der Waals surface area contributed by atoms with Crippen molar-refractivity contribution in [3.8, 4) is 5.88 Å². The number of ether oxygens (including phenoxy) is 1. The second kappa shape index (κ2) is 11.0. The first-order chi connectivity index (χ1) is 18.4. The number of carbonyl (C=O) groups excluding carboxylic acids is 2. The minimum atomic E-state index is -0.545. The molecule has 2 aliphatic rings. The lowest BCUT2D eigenvalue weighted by Crippen LogP contribution is -2.55. The molecule has 196 valence electrons. The second-order valence-electron chi connectivity index (χ2n) is 8.94. The molecule has 2 unspecified atom stereocenters. The fraction of sp³-hybridized carbons (Fsp3) is 0.296. The third kappa shape index (κ3) is 5.16. The topological polar surface area (TPSA) is 100 Å². The molecule has 0 radical (unpaired) electrons. The zero-order valence-corrected chi connectivity index (χ0v) is 22.4. The minimum Gasteiger partial charge on any atom is -0.477 e. The van der Waals surface area contributed by atoms with E-state index in [1.807, 2.05) is 31.2 Å². The largest absolute Gasteiger partial charge is 0.477 e. The van der Waals surface area contributed by atoms with E-state index in [1.54, 1.807) is 42.3 Å². The average molecular weight is 553 g/mol. The van der Waals surface area contributed by atoms with Crippen LogP contribution < -0.4 is 10.1 Å².